The smallest absolute Gasteiger partial charge is 0.254 e. The summed E-state index contributed by atoms with van der Waals surface area (Å²) in [6.07, 6.45) is 1.74. The molecule has 0 spiro atoms. The van der Waals surface area contributed by atoms with Gasteiger partial charge in [0, 0.05) is 51.0 Å². The molecule has 0 aromatic heterocycles. The molecule has 0 atom stereocenters. The van der Waals surface area contributed by atoms with Crippen LogP contribution in [-0.2, 0) is 9.47 Å². The second kappa shape index (κ2) is 8.95. The van der Waals surface area contributed by atoms with Crippen molar-refractivity contribution >= 4 is 5.91 Å². The van der Waals surface area contributed by atoms with E-state index in [9.17, 15) is 4.79 Å². The lowest BCUT2D eigenvalue weighted by molar-refractivity contribution is 0.0141. The summed E-state index contributed by atoms with van der Waals surface area (Å²) in [6, 6.07) is 9.29. The highest BCUT2D eigenvalue weighted by molar-refractivity contribution is 5.94. The highest BCUT2D eigenvalue weighted by Gasteiger charge is 2.27. The minimum Gasteiger partial charge on any atom is -0.381 e. The monoisotopic (exact) mass is 343 g/mol. The Morgan fingerprint density at radius 3 is 2.64 bits per heavy atom. The van der Waals surface area contributed by atoms with Crippen LogP contribution in [0.4, 0.5) is 0 Å². The topological polar surface area (TPSA) is 65.8 Å². The third kappa shape index (κ3) is 4.79. The van der Waals surface area contributed by atoms with E-state index in [0.29, 0.717) is 30.9 Å². The number of hydrogen-bond acceptors (Lipinski definition) is 5. The largest absolute Gasteiger partial charge is 0.381 e. The summed E-state index contributed by atoms with van der Waals surface area (Å²) in [5, 5.41) is 9.09. The van der Waals surface area contributed by atoms with Crippen molar-refractivity contribution in [3.63, 3.8) is 0 Å². The molecule has 6 nitrogen and oxygen atoms in total. The fourth-order valence-electron chi connectivity index (χ4n) is 3.41. The van der Waals surface area contributed by atoms with Gasteiger partial charge in [-0.05, 0) is 31.0 Å². The predicted octanol–water partition coefficient (Wildman–Crippen LogP) is 1.51. The number of carbonyl (C=O) groups excluding carboxylic acids is 1. The van der Waals surface area contributed by atoms with Gasteiger partial charge in [-0.1, -0.05) is 6.07 Å². The van der Waals surface area contributed by atoms with Gasteiger partial charge in [-0.25, -0.2) is 0 Å². The molecule has 2 fully saturated rings. The molecule has 2 saturated heterocycles. The second-order valence-corrected chi connectivity index (χ2v) is 6.49. The fourth-order valence-corrected chi connectivity index (χ4v) is 3.41. The van der Waals surface area contributed by atoms with Gasteiger partial charge >= 0.3 is 0 Å². The Bertz CT molecular complexity index is 617. The molecule has 2 aliphatic rings. The number of nitriles is 1. The molecular formula is C19H25N3O3. The summed E-state index contributed by atoms with van der Waals surface area (Å²) in [5.74, 6) is 0.0114. The van der Waals surface area contributed by atoms with Crippen LogP contribution in [0.1, 0.15) is 28.8 Å². The third-order valence-corrected chi connectivity index (χ3v) is 4.89. The van der Waals surface area contributed by atoms with Crippen LogP contribution in [0.15, 0.2) is 24.3 Å². The quantitative estimate of drug-likeness (QED) is 0.811. The molecule has 0 saturated carbocycles. The molecule has 1 aromatic rings. The first kappa shape index (κ1) is 17.9. The maximum absolute atomic E-state index is 13.1. The zero-order chi connectivity index (χ0) is 17.5. The second-order valence-electron chi connectivity index (χ2n) is 6.49. The van der Waals surface area contributed by atoms with Crippen molar-refractivity contribution in [1.29, 1.82) is 5.26 Å². The number of morpholine rings is 1. The average molecular weight is 343 g/mol. The summed E-state index contributed by atoms with van der Waals surface area (Å²) in [5.41, 5.74) is 1.11. The van der Waals surface area contributed by atoms with Gasteiger partial charge in [-0.15, -0.1) is 0 Å². The van der Waals surface area contributed by atoms with E-state index in [1.54, 1.807) is 24.3 Å². The van der Waals surface area contributed by atoms with Gasteiger partial charge in [0.15, 0.2) is 0 Å². The Morgan fingerprint density at radius 2 is 1.92 bits per heavy atom. The van der Waals surface area contributed by atoms with E-state index in [-0.39, 0.29) is 11.9 Å². The first-order valence-corrected chi connectivity index (χ1v) is 8.97. The van der Waals surface area contributed by atoms with Gasteiger partial charge in [0.25, 0.3) is 5.91 Å². The zero-order valence-corrected chi connectivity index (χ0v) is 14.5. The summed E-state index contributed by atoms with van der Waals surface area (Å²) < 4.78 is 10.9. The minimum atomic E-state index is 0.0114. The van der Waals surface area contributed by atoms with E-state index >= 15 is 0 Å². The molecular weight excluding hydrogens is 318 g/mol. The molecule has 2 aliphatic heterocycles. The maximum Gasteiger partial charge on any atom is 0.254 e. The van der Waals surface area contributed by atoms with Crippen LogP contribution in [0.2, 0.25) is 0 Å². The van der Waals surface area contributed by atoms with Crippen molar-refractivity contribution in [3.8, 4) is 6.07 Å². The van der Waals surface area contributed by atoms with Crippen molar-refractivity contribution in [2.75, 3.05) is 52.6 Å². The first-order chi connectivity index (χ1) is 12.3. The van der Waals surface area contributed by atoms with E-state index < -0.39 is 0 Å². The average Bonchev–Trinajstić information content (AvgIpc) is 2.69. The molecule has 3 rings (SSSR count). The Balaban J connectivity index is 1.72. The lowest BCUT2D eigenvalue weighted by atomic mass is 10.0. The molecule has 2 heterocycles. The lowest BCUT2D eigenvalue weighted by Crippen LogP contribution is -2.48. The number of hydrogen-bond donors (Lipinski definition) is 0. The number of carbonyl (C=O) groups is 1. The summed E-state index contributed by atoms with van der Waals surface area (Å²) >= 11 is 0. The van der Waals surface area contributed by atoms with Crippen LogP contribution >= 0.6 is 0 Å². The van der Waals surface area contributed by atoms with Gasteiger partial charge in [0.05, 0.1) is 24.8 Å². The van der Waals surface area contributed by atoms with Crippen LogP contribution in [0.5, 0.6) is 0 Å². The van der Waals surface area contributed by atoms with Crippen molar-refractivity contribution < 1.29 is 14.3 Å². The number of amides is 1. The van der Waals surface area contributed by atoms with Gasteiger partial charge < -0.3 is 14.4 Å². The van der Waals surface area contributed by atoms with Crippen molar-refractivity contribution in [2.45, 2.75) is 18.9 Å². The van der Waals surface area contributed by atoms with Crippen molar-refractivity contribution in [2.24, 2.45) is 0 Å². The summed E-state index contributed by atoms with van der Waals surface area (Å²) in [6.45, 7) is 6.30. The van der Waals surface area contributed by atoms with Gasteiger partial charge in [0.1, 0.15) is 0 Å². The predicted molar refractivity (Wildman–Crippen MR) is 93.3 cm³/mol. The number of nitrogens with zero attached hydrogens (tertiary/aromatic N) is 3. The lowest BCUT2D eigenvalue weighted by Gasteiger charge is -2.36. The van der Waals surface area contributed by atoms with E-state index in [4.69, 9.17) is 14.7 Å². The summed E-state index contributed by atoms with van der Waals surface area (Å²) in [7, 11) is 0. The molecule has 0 bridgehead atoms. The van der Waals surface area contributed by atoms with Crippen LogP contribution in [-0.4, -0.2) is 74.4 Å². The molecule has 1 amide bonds. The SMILES string of the molecule is N#Cc1cccc(C(=O)N(CCN2CCOCC2)C2CCOCC2)c1. The molecule has 0 N–H and O–H groups in total. The van der Waals surface area contributed by atoms with Crippen LogP contribution < -0.4 is 0 Å². The van der Waals surface area contributed by atoms with Crippen LogP contribution in [0.25, 0.3) is 0 Å². The minimum absolute atomic E-state index is 0.0114. The molecule has 134 valence electrons. The number of benzene rings is 1. The molecule has 6 heteroatoms. The van der Waals surface area contributed by atoms with Crippen molar-refractivity contribution in [3.05, 3.63) is 35.4 Å². The molecule has 0 aliphatic carbocycles. The van der Waals surface area contributed by atoms with E-state index in [1.165, 1.54) is 0 Å². The molecule has 0 unspecified atom stereocenters. The van der Waals surface area contributed by atoms with Gasteiger partial charge in [-0.2, -0.15) is 5.26 Å². The summed E-state index contributed by atoms with van der Waals surface area (Å²) in [4.78, 5) is 17.4. The van der Waals surface area contributed by atoms with E-state index in [2.05, 4.69) is 11.0 Å². The molecule has 0 radical (unpaired) electrons. The highest BCUT2D eigenvalue weighted by Crippen LogP contribution is 2.18. The highest BCUT2D eigenvalue weighted by atomic mass is 16.5. The molecule has 25 heavy (non-hydrogen) atoms. The zero-order valence-electron chi connectivity index (χ0n) is 14.5. The van der Waals surface area contributed by atoms with Crippen LogP contribution in [0, 0.1) is 11.3 Å². The van der Waals surface area contributed by atoms with Gasteiger partial charge in [0.2, 0.25) is 0 Å². The fraction of sp³-hybridized carbons (Fsp3) is 0.579. The molecule has 1 aromatic carbocycles. The Labute approximate surface area is 148 Å². The van der Waals surface area contributed by atoms with E-state index in [0.717, 1.165) is 45.7 Å². The normalized spacial score (nSPS) is 19.3. The third-order valence-electron chi connectivity index (χ3n) is 4.89. The maximum atomic E-state index is 13.1. The number of ether oxygens (including phenoxy) is 2. The Kier molecular flexibility index (Phi) is 6.40. The Hall–Kier alpha value is -1.94. The van der Waals surface area contributed by atoms with Gasteiger partial charge in [-0.3, -0.25) is 9.69 Å². The van der Waals surface area contributed by atoms with Crippen LogP contribution in [0.3, 0.4) is 0 Å². The first-order valence-electron chi connectivity index (χ1n) is 8.97. The Morgan fingerprint density at radius 1 is 1.20 bits per heavy atom. The van der Waals surface area contributed by atoms with E-state index in [1.807, 2.05) is 4.90 Å². The van der Waals surface area contributed by atoms with Crippen molar-refractivity contribution in [1.82, 2.24) is 9.80 Å². The number of rotatable bonds is 5. The standard InChI is InChI=1S/C19H25N3O3/c20-15-16-2-1-3-17(14-16)19(23)22(18-4-10-24-11-5-18)7-6-21-8-12-25-13-9-21/h1-3,14,18H,4-13H2.